The molecule has 0 saturated heterocycles. The molecule has 4 aromatic rings. The Morgan fingerprint density at radius 2 is 1.59 bits per heavy atom. The molecule has 0 spiro atoms. The van der Waals surface area contributed by atoms with Crippen LogP contribution in [0.15, 0.2) is 60.7 Å². The Kier molecular flexibility index (Phi) is 5.89. The standard InChI is InChI=1S/C25H22N2O5/c1-15-4-6-16(7-5-15)24-26-19-10-8-18(12-20(19)27-24)25(29)32-14-21(28)17-9-11-22(30-2)23(13-17)31-3/h4-13H,14H2,1-3H3,(H,26,27). The lowest BCUT2D eigenvalue weighted by atomic mass is 10.1. The van der Waals surface area contributed by atoms with Gasteiger partial charge in [0.15, 0.2) is 23.9 Å². The molecule has 0 aliphatic heterocycles. The van der Waals surface area contributed by atoms with Crippen molar-refractivity contribution in [1.82, 2.24) is 9.97 Å². The highest BCUT2D eigenvalue weighted by molar-refractivity contribution is 6.00. The minimum atomic E-state index is -0.591. The maximum absolute atomic E-state index is 12.5. The van der Waals surface area contributed by atoms with Crippen LogP contribution in [0, 0.1) is 6.92 Å². The van der Waals surface area contributed by atoms with Crippen molar-refractivity contribution in [2.75, 3.05) is 20.8 Å². The molecule has 7 nitrogen and oxygen atoms in total. The number of fused-ring (bicyclic) bond motifs is 1. The van der Waals surface area contributed by atoms with Crippen LogP contribution in [0.1, 0.15) is 26.3 Å². The van der Waals surface area contributed by atoms with E-state index in [0.29, 0.717) is 34.0 Å². The maximum atomic E-state index is 12.5. The highest BCUT2D eigenvalue weighted by Gasteiger charge is 2.15. The third-order valence-electron chi connectivity index (χ3n) is 5.08. The molecule has 0 bridgehead atoms. The van der Waals surface area contributed by atoms with Gasteiger partial charge in [0, 0.05) is 11.1 Å². The summed E-state index contributed by atoms with van der Waals surface area (Å²) in [6.07, 6.45) is 0. The predicted octanol–water partition coefficient (Wildman–Crippen LogP) is 4.60. The van der Waals surface area contributed by atoms with Crippen LogP contribution in [-0.2, 0) is 4.74 Å². The van der Waals surface area contributed by atoms with Crippen LogP contribution < -0.4 is 9.47 Å². The van der Waals surface area contributed by atoms with Gasteiger partial charge >= 0.3 is 5.97 Å². The fourth-order valence-electron chi connectivity index (χ4n) is 3.29. The zero-order valence-electron chi connectivity index (χ0n) is 18.0. The lowest BCUT2D eigenvalue weighted by Gasteiger charge is -2.09. The Morgan fingerprint density at radius 3 is 2.31 bits per heavy atom. The lowest BCUT2D eigenvalue weighted by molar-refractivity contribution is 0.0475. The van der Waals surface area contributed by atoms with E-state index < -0.39 is 5.97 Å². The predicted molar refractivity (Wildman–Crippen MR) is 120 cm³/mol. The van der Waals surface area contributed by atoms with Gasteiger partial charge in [0.05, 0.1) is 30.8 Å². The SMILES string of the molecule is COc1ccc(C(=O)COC(=O)c2ccc3nc(-c4ccc(C)cc4)[nH]c3c2)cc1OC. The molecule has 0 atom stereocenters. The minimum absolute atomic E-state index is 0.330. The zero-order valence-corrected chi connectivity index (χ0v) is 18.0. The van der Waals surface area contributed by atoms with Crippen molar-refractivity contribution in [2.24, 2.45) is 0 Å². The van der Waals surface area contributed by atoms with Crippen LogP contribution in [0.2, 0.25) is 0 Å². The van der Waals surface area contributed by atoms with Gasteiger partial charge in [0.2, 0.25) is 0 Å². The van der Waals surface area contributed by atoms with Crippen molar-refractivity contribution in [3.63, 3.8) is 0 Å². The van der Waals surface area contributed by atoms with Crippen molar-refractivity contribution < 1.29 is 23.8 Å². The smallest absolute Gasteiger partial charge is 0.338 e. The molecule has 32 heavy (non-hydrogen) atoms. The van der Waals surface area contributed by atoms with Gasteiger partial charge in [-0.2, -0.15) is 0 Å². The molecule has 7 heteroatoms. The largest absolute Gasteiger partial charge is 0.493 e. The molecule has 1 aromatic heterocycles. The number of aromatic amines is 1. The van der Waals surface area contributed by atoms with Gasteiger partial charge in [0.25, 0.3) is 0 Å². The summed E-state index contributed by atoms with van der Waals surface area (Å²) in [4.78, 5) is 32.8. The number of nitrogens with one attached hydrogen (secondary N) is 1. The molecule has 0 aliphatic carbocycles. The van der Waals surface area contributed by atoms with E-state index >= 15 is 0 Å². The first-order valence-electron chi connectivity index (χ1n) is 9.97. The van der Waals surface area contributed by atoms with Gasteiger partial charge in [-0.1, -0.05) is 29.8 Å². The van der Waals surface area contributed by atoms with Gasteiger partial charge in [-0.15, -0.1) is 0 Å². The van der Waals surface area contributed by atoms with Gasteiger partial charge in [-0.3, -0.25) is 4.79 Å². The summed E-state index contributed by atoms with van der Waals surface area (Å²) in [6.45, 7) is 1.64. The first kappa shape index (κ1) is 21.1. The average Bonchev–Trinajstić information content (AvgIpc) is 3.25. The molecular formula is C25H22N2O5. The first-order chi connectivity index (χ1) is 15.5. The van der Waals surface area contributed by atoms with Crippen LogP contribution in [-0.4, -0.2) is 42.5 Å². The number of hydrogen-bond acceptors (Lipinski definition) is 6. The number of aromatic nitrogens is 2. The molecule has 0 aliphatic rings. The number of nitrogens with zero attached hydrogens (tertiary/aromatic N) is 1. The van der Waals surface area contributed by atoms with Crippen molar-refractivity contribution in [1.29, 1.82) is 0 Å². The number of carbonyl (C=O) groups is 2. The third-order valence-corrected chi connectivity index (χ3v) is 5.08. The summed E-state index contributed by atoms with van der Waals surface area (Å²) in [6, 6.07) is 17.8. The van der Waals surface area contributed by atoms with E-state index in [1.165, 1.54) is 14.2 Å². The first-order valence-corrected chi connectivity index (χ1v) is 9.97. The Labute approximate surface area is 185 Å². The highest BCUT2D eigenvalue weighted by atomic mass is 16.5. The number of carbonyl (C=O) groups excluding carboxylic acids is 2. The van der Waals surface area contributed by atoms with Crippen LogP contribution in [0.3, 0.4) is 0 Å². The Balaban J connectivity index is 1.46. The van der Waals surface area contributed by atoms with Gasteiger partial charge in [-0.05, 0) is 43.3 Å². The van der Waals surface area contributed by atoms with E-state index in [0.717, 1.165) is 16.6 Å². The van der Waals surface area contributed by atoms with Crippen molar-refractivity contribution >= 4 is 22.8 Å². The molecular weight excluding hydrogens is 408 g/mol. The number of Topliss-reactive ketones (excluding diaryl/α,β-unsaturated/α-hetero) is 1. The molecule has 0 fully saturated rings. The van der Waals surface area contributed by atoms with Gasteiger partial charge < -0.3 is 19.2 Å². The summed E-state index contributed by atoms with van der Waals surface area (Å²) in [5.41, 5.74) is 4.26. The van der Waals surface area contributed by atoms with Crippen molar-refractivity contribution in [3.8, 4) is 22.9 Å². The number of imidazole rings is 1. The summed E-state index contributed by atoms with van der Waals surface area (Å²) in [5.74, 6) is 0.725. The van der Waals surface area contributed by atoms with E-state index in [9.17, 15) is 9.59 Å². The fraction of sp³-hybridized carbons (Fsp3) is 0.160. The molecule has 0 radical (unpaired) electrons. The highest BCUT2D eigenvalue weighted by Crippen LogP contribution is 2.28. The van der Waals surface area contributed by atoms with E-state index in [2.05, 4.69) is 9.97 Å². The fourth-order valence-corrected chi connectivity index (χ4v) is 3.29. The summed E-state index contributed by atoms with van der Waals surface area (Å²) < 4.78 is 15.6. The second kappa shape index (κ2) is 8.93. The monoisotopic (exact) mass is 430 g/mol. The Morgan fingerprint density at radius 1 is 0.875 bits per heavy atom. The third kappa shape index (κ3) is 4.32. The number of ketones is 1. The van der Waals surface area contributed by atoms with Crippen molar-refractivity contribution in [2.45, 2.75) is 6.92 Å². The summed E-state index contributed by atoms with van der Waals surface area (Å²) >= 11 is 0. The number of ether oxygens (including phenoxy) is 3. The van der Waals surface area contributed by atoms with E-state index in [1.807, 2.05) is 31.2 Å². The molecule has 1 N–H and O–H groups in total. The number of rotatable bonds is 7. The number of hydrogen-bond donors (Lipinski definition) is 1. The molecule has 0 saturated carbocycles. The van der Waals surface area contributed by atoms with E-state index in [4.69, 9.17) is 14.2 Å². The van der Waals surface area contributed by atoms with E-state index in [-0.39, 0.29) is 12.4 Å². The van der Waals surface area contributed by atoms with Crippen molar-refractivity contribution in [3.05, 3.63) is 77.4 Å². The summed E-state index contributed by atoms with van der Waals surface area (Å²) in [5, 5.41) is 0. The van der Waals surface area contributed by atoms with Gasteiger partial charge in [0.1, 0.15) is 5.82 Å². The second-order valence-corrected chi connectivity index (χ2v) is 7.25. The number of aryl methyl sites for hydroxylation is 1. The number of H-pyrrole nitrogens is 1. The molecule has 1 heterocycles. The minimum Gasteiger partial charge on any atom is -0.493 e. The second-order valence-electron chi connectivity index (χ2n) is 7.25. The van der Waals surface area contributed by atoms with Gasteiger partial charge in [-0.25, -0.2) is 9.78 Å². The molecule has 0 amide bonds. The van der Waals surface area contributed by atoms with Crippen LogP contribution >= 0.6 is 0 Å². The Bertz CT molecular complexity index is 1290. The lowest BCUT2D eigenvalue weighted by Crippen LogP contribution is -2.14. The Hall–Kier alpha value is -4.13. The van der Waals surface area contributed by atoms with Crippen LogP contribution in [0.25, 0.3) is 22.4 Å². The van der Waals surface area contributed by atoms with Crippen LogP contribution in [0.4, 0.5) is 0 Å². The average molecular weight is 430 g/mol. The number of benzene rings is 3. The molecule has 3 aromatic carbocycles. The van der Waals surface area contributed by atoms with E-state index in [1.54, 1.807) is 36.4 Å². The normalized spacial score (nSPS) is 10.7. The zero-order chi connectivity index (χ0) is 22.7. The summed E-state index contributed by atoms with van der Waals surface area (Å²) in [7, 11) is 3.00. The molecule has 162 valence electrons. The number of esters is 1. The number of methoxy groups -OCH3 is 2. The topological polar surface area (TPSA) is 90.5 Å². The maximum Gasteiger partial charge on any atom is 0.338 e. The van der Waals surface area contributed by atoms with Crippen LogP contribution in [0.5, 0.6) is 11.5 Å². The molecule has 4 rings (SSSR count). The quantitative estimate of drug-likeness (QED) is 0.341. The molecule has 0 unspecified atom stereocenters.